The normalized spacial score (nSPS) is 11.7. The molecular weight excluding hydrogens is 292 g/mol. The van der Waals surface area contributed by atoms with Crippen molar-refractivity contribution in [1.29, 1.82) is 0 Å². The Balaban J connectivity index is 2.07. The second-order valence-corrected chi connectivity index (χ2v) is 6.91. The number of aromatic nitrogens is 2. The van der Waals surface area contributed by atoms with Crippen LogP contribution in [0.3, 0.4) is 0 Å². The lowest BCUT2D eigenvalue weighted by Crippen LogP contribution is -2.11. The third-order valence-electron chi connectivity index (χ3n) is 2.87. The smallest absolute Gasteiger partial charge is 0.142 e. The zero-order valence-electron chi connectivity index (χ0n) is 12.2. The molecule has 0 unspecified atom stereocenters. The van der Waals surface area contributed by atoms with Crippen LogP contribution in [-0.4, -0.2) is 9.97 Å². The lowest BCUT2D eigenvalue weighted by molar-refractivity contribution is 0.300. The summed E-state index contributed by atoms with van der Waals surface area (Å²) in [5, 5.41) is 3.06. The first-order valence-corrected chi connectivity index (χ1v) is 7.91. The van der Waals surface area contributed by atoms with Crippen molar-refractivity contribution in [2.75, 3.05) is 0 Å². The molecular formula is C15H19ClN2OS. The van der Waals surface area contributed by atoms with Gasteiger partial charge in [0.25, 0.3) is 0 Å². The quantitative estimate of drug-likeness (QED) is 0.782. The van der Waals surface area contributed by atoms with Gasteiger partial charge in [-0.25, -0.2) is 4.98 Å². The lowest BCUT2D eigenvalue weighted by Gasteiger charge is -2.14. The van der Waals surface area contributed by atoms with Crippen molar-refractivity contribution in [2.24, 2.45) is 0 Å². The molecule has 0 saturated carbocycles. The molecule has 2 aromatic rings. The van der Waals surface area contributed by atoms with E-state index in [-0.39, 0.29) is 5.41 Å². The van der Waals surface area contributed by atoms with Gasteiger partial charge in [-0.1, -0.05) is 20.8 Å². The van der Waals surface area contributed by atoms with Gasteiger partial charge in [0.2, 0.25) is 0 Å². The molecule has 0 saturated heterocycles. The molecule has 3 nitrogen and oxygen atoms in total. The maximum Gasteiger partial charge on any atom is 0.142 e. The highest BCUT2D eigenvalue weighted by Crippen LogP contribution is 2.25. The molecule has 0 aliphatic heterocycles. The zero-order valence-corrected chi connectivity index (χ0v) is 13.8. The van der Waals surface area contributed by atoms with Crippen LogP contribution < -0.4 is 4.74 Å². The standard InChI is InChI=1S/C15H19ClN2OS/c1-10-5-6-12(11(7-16)17-10)19-8-14-18-13(9-20-14)15(2,3)4/h5-6,9H,7-8H2,1-4H3. The molecule has 0 aliphatic rings. The van der Waals surface area contributed by atoms with Gasteiger partial charge in [-0.15, -0.1) is 22.9 Å². The second kappa shape index (κ2) is 6.10. The van der Waals surface area contributed by atoms with Crippen LogP contribution in [0.15, 0.2) is 17.5 Å². The van der Waals surface area contributed by atoms with Crippen LogP contribution >= 0.6 is 22.9 Å². The van der Waals surface area contributed by atoms with E-state index in [4.69, 9.17) is 16.3 Å². The largest absolute Gasteiger partial charge is 0.484 e. The van der Waals surface area contributed by atoms with E-state index in [1.807, 2.05) is 19.1 Å². The molecule has 0 bridgehead atoms. The predicted molar refractivity (Wildman–Crippen MR) is 83.7 cm³/mol. The maximum atomic E-state index is 5.89. The predicted octanol–water partition coefficient (Wildman–Crippen LogP) is 4.46. The minimum atomic E-state index is 0.0709. The maximum absolute atomic E-state index is 5.89. The van der Waals surface area contributed by atoms with E-state index in [1.165, 1.54) is 0 Å². The summed E-state index contributed by atoms with van der Waals surface area (Å²) in [7, 11) is 0. The van der Waals surface area contributed by atoms with Crippen LogP contribution in [0.5, 0.6) is 5.75 Å². The molecule has 0 atom stereocenters. The summed E-state index contributed by atoms with van der Waals surface area (Å²) in [6, 6.07) is 3.84. The Morgan fingerprint density at radius 2 is 2.00 bits per heavy atom. The molecule has 2 aromatic heterocycles. The Labute approximate surface area is 129 Å². The summed E-state index contributed by atoms with van der Waals surface area (Å²) in [6.07, 6.45) is 0. The van der Waals surface area contributed by atoms with E-state index < -0.39 is 0 Å². The molecule has 0 aliphatic carbocycles. The van der Waals surface area contributed by atoms with E-state index in [9.17, 15) is 0 Å². The van der Waals surface area contributed by atoms with E-state index in [1.54, 1.807) is 11.3 Å². The van der Waals surface area contributed by atoms with Crippen molar-refractivity contribution in [3.8, 4) is 5.75 Å². The van der Waals surface area contributed by atoms with E-state index in [0.29, 0.717) is 12.5 Å². The molecule has 0 N–H and O–H groups in total. The van der Waals surface area contributed by atoms with Crippen molar-refractivity contribution >= 4 is 22.9 Å². The highest BCUT2D eigenvalue weighted by Gasteiger charge is 2.17. The fraction of sp³-hybridized carbons (Fsp3) is 0.467. The van der Waals surface area contributed by atoms with Gasteiger partial charge in [0.05, 0.1) is 17.3 Å². The third kappa shape index (κ3) is 3.70. The molecule has 5 heteroatoms. The average molecular weight is 311 g/mol. The molecule has 0 amide bonds. The van der Waals surface area contributed by atoms with Crippen molar-refractivity contribution in [2.45, 2.75) is 45.6 Å². The number of nitrogens with zero attached hydrogens (tertiary/aromatic N) is 2. The Morgan fingerprint density at radius 1 is 1.25 bits per heavy atom. The van der Waals surface area contributed by atoms with Gasteiger partial charge in [0, 0.05) is 16.5 Å². The van der Waals surface area contributed by atoms with Gasteiger partial charge in [0.15, 0.2) is 0 Å². The van der Waals surface area contributed by atoms with Crippen LogP contribution in [0.4, 0.5) is 0 Å². The molecule has 0 spiro atoms. The summed E-state index contributed by atoms with van der Waals surface area (Å²) >= 11 is 7.52. The van der Waals surface area contributed by atoms with Crippen LogP contribution in [0.1, 0.15) is 42.9 Å². The van der Waals surface area contributed by atoms with Gasteiger partial charge < -0.3 is 4.74 Å². The van der Waals surface area contributed by atoms with Crippen LogP contribution in [0, 0.1) is 6.92 Å². The average Bonchev–Trinajstić information content (AvgIpc) is 2.86. The molecule has 0 radical (unpaired) electrons. The van der Waals surface area contributed by atoms with Crippen LogP contribution in [-0.2, 0) is 17.9 Å². The number of hydrogen-bond donors (Lipinski definition) is 0. The summed E-state index contributed by atoms with van der Waals surface area (Å²) in [5.74, 6) is 1.08. The summed E-state index contributed by atoms with van der Waals surface area (Å²) < 4.78 is 5.80. The van der Waals surface area contributed by atoms with Crippen molar-refractivity contribution in [3.05, 3.63) is 39.6 Å². The monoisotopic (exact) mass is 310 g/mol. The second-order valence-electron chi connectivity index (χ2n) is 5.70. The molecule has 20 heavy (non-hydrogen) atoms. The summed E-state index contributed by atoms with van der Waals surface area (Å²) in [4.78, 5) is 8.98. The number of halogens is 1. The molecule has 108 valence electrons. The number of hydrogen-bond acceptors (Lipinski definition) is 4. The number of pyridine rings is 1. The molecule has 2 rings (SSSR count). The van der Waals surface area contributed by atoms with Gasteiger partial charge >= 0.3 is 0 Å². The Morgan fingerprint density at radius 3 is 2.60 bits per heavy atom. The SMILES string of the molecule is Cc1ccc(OCc2nc(C(C)(C)C)cs2)c(CCl)n1. The minimum absolute atomic E-state index is 0.0709. The first kappa shape index (κ1) is 15.3. The van der Waals surface area contributed by atoms with Crippen molar-refractivity contribution in [3.63, 3.8) is 0 Å². The van der Waals surface area contributed by atoms with Gasteiger partial charge in [-0.05, 0) is 19.1 Å². The van der Waals surface area contributed by atoms with Crippen LogP contribution in [0.25, 0.3) is 0 Å². The highest BCUT2D eigenvalue weighted by atomic mass is 35.5. The number of alkyl halides is 1. The number of rotatable bonds is 4. The summed E-state index contributed by atoms with van der Waals surface area (Å²) in [5.41, 5.74) is 2.89. The zero-order chi connectivity index (χ0) is 14.8. The van der Waals surface area contributed by atoms with Gasteiger partial charge in [-0.2, -0.15) is 0 Å². The third-order valence-corrected chi connectivity index (χ3v) is 3.95. The first-order valence-electron chi connectivity index (χ1n) is 6.50. The number of ether oxygens (including phenoxy) is 1. The topological polar surface area (TPSA) is 35.0 Å². The van der Waals surface area contributed by atoms with Gasteiger partial charge in [-0.3, -0.25) is 4.98 Å². The minimum Gasteiger partial charge on any atom is -0.484 e. The van der Waals surface area contributed by atoms with E-state index in [0.717, 1.165) is 27.8 Å². The fourth-order valence-electron chi connectivity index (χ4n) is 1.69. The fourth-order valence-corrected chi connectivity index (χ4v) is 2.81. The van der Waals surface area contributed by atoms with E-state index >= 15 is 0 Å². The highest BCUT2D eigenvalue weighted by molar-refractivity contribution is 7.09. The Hall–Kier alpha value is -1.13. The first-order chi connectivity index (χ1) is 9.40. The molecule has 0 aromatic carbocycles. The van der Waals surface area contributed by atoms with Crippen molar-refractivity contribution in [1.82, 2.24) is 9.97 Å². The Bertz CT molecular complexity index is 590. The Kier molecular flexibility index (Phi) is 4.66. The van der Waals surface area contributed by atoms with Gasteiger partial charge in [0.1, 0.15) is 17.4 Å². The number of thiazole rings is 1. The number of aryl methyl sites for hydroxylation is 1. The van der Waals surface area contributed by atoms with E-state index in [2.05, 4.69) is 36.1 Å². The summed E-state index contributed by atoms with van der Waals surface area (Å²) in [6.45, 7) is 8.86. The molecule has 2 heterocycles. The van der Waals surface area contributed by atoms with Crippen molar-refractivity contribution < 1.29 is 4.74 Å². The lowest BCUT2D eigenvalue weighted by atomic mass is 9.93. The van der Waals surface area contributed by atoms with Crippen LogP contribution in [0.2, 0.25) is 0 Å². The molecule has 0 fully saturated rings.